The molecule has 0 aliphatic heterocycles. The van der Waals surface area contributed by atoms with Crippen molar-refractivity contribution in [2.45, 2.75) is 49.5 Å². The summed E-state index contributed by atoms with van der Waals surface area (Å²) >= 11 is 0.0146. The molecule has 0 aliphatic rings. The number of hydrogen-bond acceptors (Lipinski definition) is 2. The van der Waals surface area contributed by atoms with Crippen molar-refractivity contribution in [3.05, 3.63) is 42.5 Å². The minimum absolute atomic E-state index is 0.0146. The molecule has 1 N–H and O–H groups in total. The quantitative estimate of drug-likeness (QED) is 0.418. The molecule has 0 unspecified atom stereocenters. The third-order valence-electron chi connectivity index (χ3n) is 3.73. The summed E-state index contributed by atoms with van der Waals surface area (Å²) in [7, 11) is -4.13. The van der Waals surface area contributed by atoms with Crippen molar-refractivity contribution in [1.82, 2.24) is 0 Å². The van der Waals surface area contributed by atoms with Crippen molar-refractivity contribution in [1.29, 1.82) is 0 Å². The van der Waals surface area contributed by atoms with Gasteiger partial charge in [0.1, 0.15) is 4.90 Å². The van der Waals surface area contributed by atoms with E-state index in [4.69, 9.17) is 4.55 Å². The molecular formula is C18H26CaO3S. The number of rotatable bonds is 7. The topological polar surface area (TPSA) is 54.4 Å². The normalized spacial score (nSPS) is 10.7. The number of hydrogen-bond donors (Lipinski definition) is 1. The zero-order chi connectivity index (χ0) is 17.1. The fraction of sp³-hybridized carbons (Fsp3) is 0.444. The SMILES string of the molecule is CCC[CH2][Ca][CH2]CCC.O=S(=O)(O)c1cccc2ccccc12. The van der Waals surface area contributed by atoms with Crippen LogP contribution in [0.1, 0.15) is 39.5 Å². The van der Waals surface area contributed by atoms with Crippen LogP contribution in [-0.4, -0.2) is 46.8 Å². The zero-order valence-corrected chi connectivity index (χ0v) is 17.2. The fourth-order valence-corrected chi connectivity index (χ4v) is 6.38. The first-order chi connectivity index (χ1) is 11.0. The summed E-state index contributed by atoms with van der Waals surface area (Å²) in [5.41, 5.74) is 0. The van der Waals surface area contributed by atoms with Crippen molar-refractivity contribution in [2.24, 2.45) is 0 Å². The van der Waals surface area contributed by atoms with Crippen LogP contribution in [0, 0.1) is 0 Å². The predicted octanol–water partition coefficient (Wildman–Crippen LogP) is 5.21. The Kier molecular flexibility index (Phi) is 10.4. The van der Waals surface area contributed by atoms with Gasteiger partial charge in [0, 0.05) is 5.39 Å². The van der Waals surface area contributed by atoms with Crippen molar-refractivity contribution in [2.75, 3.05) is 0 Å². The summed E-state index contributed by atoms with van der Waals surface area (Å²) < 4.78 is 34.2. The molecule has 2 aromatic rings. The van der Waals surface area contributed by atoms with Gasteiger partial charge in [-0.25, -0.2) is 0 Å². The zero-order valence-electron chi connectivity index (χ0n) is 14.2. The molecule has 0 spiro atoms. The van der Waals surface area contributed by atoms with E-state index in [9.17, 15) is 8.42 Å². The maximum absolute atomic E-state index is 11.0. The number of benzene rings is 2. The van der Waals surface area contributed by atoms with Crippen LogP contribution in [0.2, 0.25) is 5.04 Å². The molecule has 0 bridgehead atoms. The Labute approximate surface area is 158 Å². The third-order valence-corrected chi connectivity index (χ3v) is 7.77. The van der Waals surface area contributed by atoms with Crippen LogP contribution < -0.4 is 0 Å². The van der Waals surface area contributed by atoms with Crippen molar-refractivity contribution < 1.29 is 13.0 Å². The average Bonchev–Trinajstić information content (AvgIpc) is 2.54. The molecule has 0 saturated carbocycles. The van der Waals surface area contributed by atoms with Gasteiger partial charge < -0.3 is 0 Å². The van der Waals surface area contributed by atoms with E-state index in [1.807, 2.05) is 6.07 Å². The first-order valence-corrected chi connectivity index (χ1v) is 13.0. The van der Waals surface area contributed by atoms with Crippen molar-refractivity contribution >= 4 is 54.7 Å². The summed E-state index contributed by atoms with van der Waals surface area (Å²) in [6.45, 7) is 4.59. The Balaban J connectivity index is 0.000000257. The van der Waals surface area contributed by atoms with E-state index in [2.05, 4.69) is 13.8 Å². The fourth-order valence-electron chi connectivity index (χ4n) is 2.45. The average molecular weight is 363 g/mol. The summed E-state index contributed by atoms with van der Waals surface area (Å²) in [5.74, 6) is 0. The molecule has 124 valence electrons. The Morgan fingerprint density at radius 1 is 0.913 bits per heavy atom. The second-order valence-corrected chi connectivity index (χ2v) is 10.4. The predicted molar refractivity (Wildman–Crippen MR) is 98.9 cm³/mol. The van der Waals surface area contributed by atoms with Gasteiger partial charge in [0.05, 0.1) is 0 Å². The van der Waals surface area contributed by atoms with Crippen molar-refractivity contribution in [3.8, 4) is 0 Å². The first kappa shape index (κ1) is 20.9. The Morgan fingerprint density at radius 3 is 2.04 bits per heavy atom. The molecule has 0 fully saturated rings. The molecule has 0 aromatic heterocycles. The first-order valence-electron chi connectivity index (χ1n) is 8.46. The molecular weight excluding hydrogens is 336 g/mol. The molecule has 0 saturated heterocycles. The van der Waals surface area contributed by atoms with E-state index in [1.54, 1.807) is 35.4 Å². The van der Waals surface area contributed by atoms with Crippen molar-refractivity contribution in [3.63, 3.8) is 0 Å². The Morgan fingerprint density at radius 2 is 1.48 bits per heavy atom. The standard InChI is InChI=1S/C10H8O3S.2C4H9.Ca/c11-14(12,13)10-7-3-5-8-4-1-2-6-9(8)10;2*1-3-4-2;/h1-7H,(H,11,12,13);2*1,3-4H2,2H3;. The van der Waals surface area contributed by atoms with Crippen LogP contribution in [0.4, 0.5) is 0 Å². The van der Waals surface area contributed by atoms with Crippen LogP contribution in [0.5, 0.6) is 0 Å². The molecule has 0 radical (unpaired) electrons. The summed E-state index contributed by atoms with van der Waals surface area (Å²) in [6, 6.07) is 11.8. The molecule has 5 heteroatoms. The largest absolute Gasteiger partial charge is 0.295 e. The van der Waals surface area contributed by atoms with Crippen LogP contribution in [0.3, 0.4) is 0 Å². The molecule has 0 atom stereocenters. The van der Waals surface area contributed by atoms with E-state index in [1.165, 1.54) is 31.7 Å². The number of unbranched alkanes of at least 4 members (excludes halogenated alkanes) is 2. The minimum Gasteiger partial charge on any atom is -0.282 e. The minimum atomic E-state index is -4.13. The van der Waals surface area contributed by atoms with Gasteiger partial charge in [-0.1, -0.05) is 36.4 Å². The van der Waals surface area contributed by atoms with E-state index >= 15 is 0 Å². The molecule has 3 nitrogen and oxygen atoms in total. The monoisotopic (exact) mass is 362 g/mol. The van der Waals surface area contributed by atoms with Gasteiger partial charge in [-0.3, -0.25) is 4.55 Å². The summed E-state index contributed by atoms with van der Waals surface area (Å²) in [4.78, 5) is -0.0457. The molecule has 0 amide bonds. The van der Waals surface area contributed by atoms with E-state index in [0.29, 0.717) is 5.39 Å². The molecule has 2 aromatic carbocycles. The van der Waals surface area contributed by atoms with Crippen LogP contribution >= 0.6 is 0 Å². The van der Waals surface area contributed by atoms with Gasteiger partial charge in [-0.15, -0.1) is 0 Å². The van der Waals surface area contributed by atoms with Gasteiger partial charge in [-0.2, -0.15) is 8.42 Å². The summed E-state index contributed by atoms with van der Waals surface area (Å²) in [5, 5.41) is 1.33. The van der Waals surface area contributed by atoms with Crippen LogP contribution in [0.15, 0.2) is 47.4 Å². The molecule has 0 aliphatic carbocycles. The second kappa shape index (κ2) is 11.4. The van der Waals surface area contributed by atoms with Gasteiger partial charge in [0.2, 0.25) is 0 Å². The van der Waals surface area contributed by atoms with Gasteiger partial charge >= 0.3 is 78.4 Å². The van der Waals surface area contributed by atoms with Crippen LogP contribution in [0.25, 0.3) is 10.8 Å². The maximum atomic E-state index is 11.0. The smallest absolute Gasteiger partial charge is 0.282 e. The molecule has 2 rings (SSSR count). The third kappa shape index (κ3) is 7.99. The second-order valence-electron chi connectivity index (χ2n) is 5.72. The Bertz CT molecular complexity index is 672. The van der Waals surface area contributed by atoms with E-state index in [0.717, 1.165) is 5.39 Å². The number of fused-ring (bicyclic) bond motifs is 1. The van der Waals surface area contributed by atoms with Crippen LogP contribution in [-0.2, 0) is 10.1 Å². The maximum Gasteiger partial charge on any atom is 0.295 e. The van der Waals surface area contributed by atoms with Gasteiger partial charge in [0.15, 0.2) is 0 Å². The molecule has 0 heterocycles. The van der Waals surface area contributed by atoms with Gasteiger partial charge in [0.25, 0.3) is 10.1 Å². The van der Waals surface area contributed by atoms with E-state index < -0.39 is 10.1 Å². The summed E-state index contributed by atoms with van der Waals surface area (Å²) in [6.07, 6.45) is 5.86. The Hall–Kier alpha value is -0.130. The molecule has 23 heavy (non-hydrogen) atoms. The van der Waals surface area contributed by atoms with E-state index in [-0.39, 0.29) is 38.7 Å². The van der Waals surface area contributed by atoms with Gasteiger partial charge in [-0.05, 0) is 11.5 Å².